The van der Waals surface area contributed by atoms with Gasteiger partial charge in [-0.25, -0.2) is 0 Å². The SMILES string of the molecule is CCCC(=O)N1c2ccccc2-c2nnc(SC)nc2OC1c1ccc(-c2ccc(Cl)cc2)o1. The molecule has 0 N–H and O–H groups in total. The lowest BCUT2D eigenvalue weighted by Crippen LogP contribution is -2.37. The fraction of sp³-hybridized carbons (Fsp3) is 0.200. The van der Waals surface area contributed by atoms with Gasteiger partial charge in [0, 0.05) is 22.6 Å². The molecule has 0 radical (unpaired) electrons. The lowest BCUT2D eigenvalue weighted by Gasteiger charge is -2.29. The van der Waals surface area contributed by atoms with E-state index in [1.807, 2.05) is 61.7 Å². The first kappa shape index (κ1) is 22.4. The van der Waals surface area contributed by atoms with Gasteiger partial charge in [-0.3, -0.25) is 9.69 Å². The number of furan rings is 1. The Balaban J connectivity index is 1.66. The zero-order valence-corrected chi connectivity index (χ0v) is 20.1. The molecule has 1 atom stereocenters. The summed E-state index contributed by atoms with van der Waals surface area (Å²) in [5.74, 6) is 1.33. The number of carbonyl (C=O) groups excluding carboxylic acids is 1. The number of ether oxygens (including phenoxy) is 1. The minimum absolute atomic E-state index is 0.0877. The second-order valence-corrected chi connectivity index (χ2v) is 8.87. The number of thioether (sulfide) groups is 1. The van der Waals surface area contributed by atoms with Gasteiger partial charge in [-0.1, -0.05) is 48.5 Å². The van der Waals surface area contributed by atoms with Crippen molar-refractivity contribution in [3.63, 3.8) is 0 Å². The number of halogens is 1. The van der Waals surface area contributed by atoms with Gasteiger partial charge in [-0.05, 0) is 55.1 Å². The number of para-hydroxylation sites is 1. The predicted molar refractivity (Wildman–Crippen MR) is 132 cm³/mol. The molecule has 0 bridgehead atoms. The van der Waals surface area contributed by atoms with Gasteiger partial charge in [0.2, 0.25) is 23.2 Å². The summed E-state index contributed by atoms with van der Waals surface area (Å²) in [6, 6.07) is 18.6. The Hall–Kier alpha value is -3.36. The van der Waals surface area contributed by atoms with Gasteiger partial charge in [0.1, 0.15) is 5.76 Å². The van der Waals surface area contributed by atoms with Crippen molar-refractivity contribution in [3.05, 3.63) is 71.4 Å². The van der Waals surface area contributed by atoms with Gasteiger partial charge in [0.15, 0.2) is 11.5 Å². The third-order valence-corrected chi connectivity index (χ3v) is 6.22. The van der Waals surface area contributed by atoms with Crippen LogP contribution in [0.2, 0.25) is 5.02 Å². The van der Waals surface area contributed by atoms with Crippen LogP contribution in [-0.2, 0) is 4.79 Å². The molecule has 2 aromatic carbocycles. The molecule has 0 spiro atoms. The molecule has 7 nitrogen and oxygen atoms in total. The number of anilines is 1. The summed E-state index contributed by atoms with van der Waals surface area (Å²) in [5.41, 5.74) is 2.74. The highest BCUT2D eigenvalue weighted by Crippen LogP contribution is 2.44. The monoisotopic (exact) mass is 492 g/mol. The van der Waals surface area contributed by atoms with Crippen LogP contribution in [0.25, 0.3) is 22.6 Å². The fourth-order valence-corrected chi connectivity index (χ4v) is 4.27. The minimum Gasteiger partial charge on any atom is -0.455 e. The number of nitrogens with zero attached hydrogens (tertiary/aromatic N) is 4. The molecular weight excluding hydrogens is 472 g/mol. The molecule has 1 unspecified atom stereocenters. The number of amides is 1. The Labute approximate surface area is 206 Å². The van der Waals surface area contributed by atoms with Crippen molar-refractivity contribution in [1.29, 1.82) is 0 Å². The molecule has 2 aromatic heterocycles. The highest BCUT2D eigenvalue weighted by Gasteiger charge is 2.37. The van der Waals surface area contributed by atoms with Crippen molar-refractivity contribution in [2.45, 2.75) is 31.1 Å². The third kappa shape index (κ3) is 4.15. The number of benzene rings is 2. The number of aromatic nitrogens is 3. The first-order chi connectivity index (χ1) is 16.6. The summed E-state index contributed by atoms with van der Waals surface area (Å²) in [6.07, 6.45) is 2.05. The number of carbonyl (C=O) groups is 1. The zero-order valence-electron chi connectivity index (χ0n) is 18.6. The molecule has 1 amide bonds. The molecule has 9 heteroatoms. The summed E-state index contributed by atoms with van der Waals surface area (Å²) < 4.78 is 12.6. The summed E-state index contributed by atoms with van der Waals surface area (Å²) in [4.78, 5) is 19.6. The molecule has 4 aromatic rings. The second-order valence-electron chi connectivity index (χ2n) is 7.66. The van der Waals surface area contributed by atoms with Crippen molar-refractivity contribution in [2.75, 3.05) is 11.2 Å². The first-order valence-electron chi connectivity index (χ1n) is 10.8. The normalized spacial score (nSPS) is 14.7. The maximum absolute atomic E-state index is 13.4. The van der Waals surface area contributed by atoms with E-state index in [0.717, 1.165) is 11.1 Å². The molecule has 0 aliphatic carbocycles. The average molecular weight is 493 g/mol. The van der Waals surface area contributed by atoms with Crippen molar-refractivity contribution in [2.24, 2.45) is 0 Å². The summed E-state index contributed by atoms with van der Waals surface area (Å²) in [7, 11) is 0. The van der Waals surface area contributed by atoms with E-state index in [1.165, 1.54) is 11.8 Å². The highest BCUT2D eigenvalue weighted by atomic mass is 35.5. The van der Waals surface area contributed by atoms with Gasteiger partial charge >= 0.3 is 0 Å². The largest absolute Gasteiger partial charge is 0.455 e. The quantitative estimate of drug-likeness (QED) is 0.298. The van der Waals surface area contributed by atoms with Crippen molar-refractivity contribution in [3.8, 4) is 28.5 Å². The molecule has 1 aliphatic heterocycles. The van der Waals surface area contributed by atoms with Gasteiger partial charge in [-0.15, -0.1) is 10.2 Å². The average Bonchev–Trinajstić information content (AvgIpc) is 3.29. The van der Waals surface area contributed by atoms with Crippen LogP contribution in [0.4, 0.5) is 5.69 Å². The smallest absolute Gasteiger partial charge is 0.247 e. The molecule has 172 valence electrons. The van der Waals surface area contributed by atoms with Crippen LogP contribution < -0.4 is 9.64 Å². The van der Waals surface area contributed by atoms with E-state index in [9.17, 15) is 4.79 Å². The molecule has 3 heterocycles. The summed E-state index contributed by atoms with van der Waals surface area (Å²) >= 11 is 7.40. The van der Waals surface area contributed by atoms with Gasteiger partial charge in [-0.2, -0.15) is 4.98 Å². The predicted octanol–water partition coefficient (Wildman–Crippen LogP) is 6.40. The van der Waals surface area contributed by atoms with Crippen molar-refractivity contribution < 1.29 is 13.9 Å². The fourth-order valence-electron chi connectivity index (χ4n) is 3.84. The van der Waals surface area contributed by atoms with Crippen LogP contribution >= 0.6 is 23.4 Å². The number of hydrogen-bond acceptors (Lipinski definition) is 7. The van der Waals surface area contributed by atoms with E-state index in [-0.39, 0.29) is 5.91 Å². The van der Waals surface area contributed by atoms with Crippen LogP contribution in [0, 0.1) is 0 Å². The molecule has 0 saturated heterocycles. The lowest BCUT2D eigenvalue weighted by molar-refractivity contribution is -0.120. The van der Waals surface area contributed by atoms with E-state index >= 15 is 0 Å². The van der Waals surface area contributed by atoms with E-state index in [1.54, 1.807) is 17.0 Å². The van der Waals surface area contributed by atoms with Crippen LogP contribution in [0.3, 0.4) is 0 Å². The van der Waals surface area contributed by atoms with E-state index in [4.69, 9.17) is 20.8 Å². The van der Waals surface area contributed by atoms with E-state index in [2.05, 4.69) is 15.2 Å². The van der Waals surface area contributed by atoms with Gasteiger partial charge in [0.05, 0.1) is 5.69 Å². The van der Waals surface area contributed by atoms with Crippen molar-refractivity contribution >= 4 is 35.0 Å². The van der Waals surface area contributed by atoms with Crippen molar-refractivity contribution in [1.82, 2.24) is 15.2 Å². The van der Waals surface area contributed by atoms with Crippen LogP contribution in [0.15, 0.2) is 70.2 Å². The third-order valence-electron chi connectivity index (χ3n) is 5.43. The first-order valence-corrected chi connectivity index (χ1v) is 12.4. The lowest BCUT2D eigenvalue weighted by atomic mass is 10.1. The van der Waals surface area contributed by atoms with E-state index in [0.29, 0.717) is 51.8 Å². The maximum atomic E-state index is 13.4. The Morgan fingerprint density at radius 1 is 1.09 bits per heavy atom. The van der Waals surface area contributed by atoms with Crippen LogP contribution in [0.1, 0.15) is 31.8 Å². The summed E-state index contributed by atoms with van der Waals surface area (Å²) in [6.45, 7) is 1.97. The molecule has 5 rings (SSSR count). The molecular formula is C25H21ClN4O3S. The van der Waals surface area contributed by atoms with Gasteiger partial charge in [0.25, 0.3) is 0 Å². The van der Waals surface area contributed by atoms with Gasteiger partial charge < -0.3 is 9.15 Å². The Morgan fingerprint density at radius 3 is 2.65 bits per heavy atom. The van der Waals surface area contributed by atoms with Crippen LogP contribution in [0.5, 0.6) is 5.88 Å². The molecule has 1 aliphatic rings. The number of fused-ring (bicyclic) bond motifs is 3. The molecule has 0 fully saturated rings. The Morgan fingerprint density at radius 2 is 1.88 bits per heavy atom. The summed E-state index contributed by atoms with van der Waals surface area (Å²) in [5, 5.41) is 9.69. The Bertz CT molecular complexity index is 1340. The number of hydrogen-bond donors (Lipinski definition) is 0. The standard InChI is InChI=1S/C25H21ClN4O3S/c1-3-6-21(31)30-18-8-5-4-7-17(18)22-23(27-25(34-2)29-28-22)33-24(30)20-14-13-19(32-20)15-9-11-16(26)12-10-15/h4-5,7-14,24H,3,6H2,1-2H3. The highest BCUT2D eigenvalue weighted by molar-refractivity contribution is 7.98. The Kier molecular flexibility index (Phi) is 6.26. The minimum atomic E-state index is -0.867. The van der Waals surface area contributed by atoms with E-state index < -0.39 is 6.23 Å². The topological polar surface area (TPSA) is 81.4 Å². The molecule has 34 heavy (non-hydrogen) atoms. The maximum Gasteiger partial charge on any atom is 0.247 e. The second kappa shape index (κ2) is 9.48. The number of rotatable bonds is 5. The molecule has 0 saturated carbocycles. The van der Waals surface area contributed by atoms with Crippen LogP contribution in [-0.4, -0.2) is 27.3 Å². The zero-order chi connectivity index (χ0) is 23.7.